The van der Waals surface area contributed by atoms with Gasteiger partial charge in [-0.1, -0.05) is 0 Å². The number of nitrogens with one attached hydrogen (secondary N) is 1. The lowest BCUT2D eigenvalue weighted by molar-refractivity contribution is 0.870. The summed E-state index contributed by atoms with van der Waals surface area (Å²) in [5.41, 5.74) is 7.46. The van der Waals surface area contributed by atoms with Gasteiger partial charge >= 0.3 is 0 Å². The lowest BCUT2D eigenvalue weighted by Crippen LogP contribution is -2.05. The molecule has 0 radical (unpaired) electrons. The van der Waals surface area contributed by atoms with Crippen molar-refractivity contribution >= 4 is 22.7 Å². The van der Waals surface area contributed by atoms with E-state index in [0.717, 1.165) is 16.4 Å². The maximum Gasteiger partial charge on any atom is 0.115 e. The van der Waals surface area contributed by atoms with Crippen molar-refractivity contribution in [2.24, 2.45) is 0 Å². The Morgan fingerprint density at radius 3 is 2.67 bits per heavy atom. The van der Waals surface area contributed by atoms with Gasteiger partial charge in [0.15, 0.2) is 0 Å². The first-order chi connectivity index (χ1) is 7.25. The predicted molar refractivity (Wildman–Crippen MR) is 65.0 cm³/mol. The molecule has 3 nitrogen and oxygen atoms in total. The van der Waals surface area contributed by atoms with Gasteiger partial charge in [-0.05, 0) is 31.2 Å². The minimum absolute atomic E-state index is 0.230. The van der Waals surface area contributed by atoms with E-state index in [1.165, 1.54) is 0 Å². The van der Waals surface area contributed by atoms with Crippen LogP contribution in [0.2, 0.25) is 0 Å². The molecule has 0 aliphatic heterocycles. The molecule has 0 saturated heterocycles. The summed E-state index contributed by atoms with van der Waals surface area (Å²) in [6, 6.07) is 7.95. The minimum Gasteiger partial charge on any atom is -0.399 e. The van der Waals surface area contributed by atoms with Crippen LogP contribution in [0.25, 0.3) is 0 Å². The molecule has 1 unspecified atom stereocenters. The Labute approximate surface area is 93.0 Å². The molecular weight excluding hydrogens is 206 g/mol. The number of rotatable bonds is 3. The van der Waals surface area contributed by atoms with Gasteiger partial charge in [-0.25, -0.2) is 4.98 Å². The molecule has 3 N–H and O–H groups in total. The monoisotopic (exact) mass is 219 g/mol. The van der Waals surface area contributed by atoms with E-state index in [2.05, 4.69) is 17.2 Å². The van der Waals surface area contributed by atoms with Gasteiger partial charge in [0, 0.05) is 23.0 Å². The zero-order valence-electron chi connectivity index (χ0n) is 8.47. The lowest BCUT2D eigenvalue weighted by atomic mass is 10.2. The fraction of sp³-hybridized carbons (Fsp3) is 0.182. The van der Waals surface area contributed by atoms with Crippen molar-refractivity contribution in [2.75, 3.05) is 11.1 Å². The summed E-state index contributed by atoms with van der Waals surface area (Å²) >= 11 is 1.66. The second-order valence-corrected chi connectivity index (χ2v) is 4.28. The first-order valence-electron chi connectivity index (χ1n) is 4.77. The van der Waals surface area contributed by atoms with Crippen LogP contribution in [0.4, 0.5) is 11.4 Å². The summed E-state index contributed by atoms with van der Waals surface area (Å²) in [6.07, 6.45) is 1.82. The Morgan fingerprint density at radius 1 is 1.33 bits per heavy atom. The zero-order chi connectivity index (χ0) is 10.7. The van der Waals surface area contributed by atoms with E-state index in [9.17, 15) is 0 Å². The van der Waals surface area contributed by atoms with Crippen LogP contribution in [-0.2, 0) is 0 Å². The van der Waals surface area contributed by atoms with Gasteiger partial charge in [0.05, 0.1) is 6.04 Å². The SMILES string of the molecule is CC(Nc1ccc(N)cc1)c1nccs1. The van der Waals surface area contributed by atoms with Gasteiger partial charge in [0.2, 0.25) is 0 Å². The molecule has 0 aliphatic rings. The highest BCUT2D eigenvalue weighted by molar-refractivity contribution is 7.09. The fourth-order valence-corrected chi connectivity index (χ4v) is 1.99. The lowest BCUT2D eigenvalue weighted by Gasteiger charge is -2.12. The average Bonchev–Trinajstić information content (AvgIpc) is 2.74. The first-order valence-corrected chi connectivity index (χ1v) is 5.65. The standard InChI is InChI=1S/C11H13N3S/c1-8(11-13-6-7-15-11)14-10-4-2-9(12)3-5-10/h2-8,14H,12H2,1H3. The minimum atomic E-state index is 0.230. The number of nitrogens with two attached hydrogens (primary N) is 1. The van der Waals surface area contributed by atoms with Gasteiger partial charge in [0.1, 0.15) is 5.01 Å². The Balaban J connectivity index is 2.06. The van der Waals surface area contributed by atoms with Crippen molar-refractivity contribution in [3.8, 4) is 0 Å². The smallest absolute Gasteiger partial charge is 0.115 e. The summed E-state index contributed by atoms with van der Waals surface area (Å²) in [5.74, 6) is 0. The summed E-state index contributed by atoms with van der Waals surface area (Å²) in [7, 11) is 0. The second kappa shape index (κ2) is 4.31. The van der Waals surface area contributed by atoms with E-state index in [1.54, 1.807) is 11.3 Å². The number of hydrogen-bond donors (Lipinski definition) is 2. The third-order valence-electron chi connectivity index (χ3n) is 2.12. The average molecular weight is 219 g/mol. The maximum absolute atomic E-state index is 5.61. The van der Waals surface area contributed by atoms with Gasteiger partial charge in [-0.2, -0.15) is 0 Å². The molecule has 0 amide bonds. The van der Waals surface area contributed by atoms with E-state index in [0.29, 0.717) is 0 Å². The largest absolute Gasteiger partial charge is 0.399 e. The number of hydrogen-bond acceptors (Lipinski definition) is 4. The van der Waals surface area contributed by atoms with Crippen LogP contribution in [0.1, 0.15) is 18.0 Å². The second-order valence-electron chi connectivity index (χ2n) is 3.36. The van der Waals surface area contributed by atoms with Crippen LogP contribution >= 0.6 is 11.3 Å². The van der Waals surface area contributed by atoms with Crippen molar-refractivity contribution in [3.05, 3.63) is 40.8 Å². The number of anilines is 2. The maximum atomic E-state index is 5.61. The van der Waals surface area contributed by atoms with Crippen LogP contribution < -0.4 is 11.1 Å². The molecule has 2 rings (SSSR count). The molecule has 1 heterocycles. The molecule has 4 heteroatoms. The van der Waals surface area contributed by atoms with Crippen LogP contribution in [-0.4, -0.2) is 4.98 Å². The van der Waals surface area contributed by atoms with Crippen molar-refractivity contribution in [3.63, 3.8) is 0 Å². The summed E-state index contributed by atoms with van der Waals surface area (Å²) in [4.78, 5) is 4.26. The van der Waals surface area contributed by atoms with Gasteiger partial charge in [-0.15, -0.1) is 11.3 Å². The van der Waals surface area contributed by atoms with Crippen molar-refractivity contribution in [2.45, 2.75) is 13.0 Å². The third kappa shape index (κ3) is 2.47. The molecule has 15 heavy (non-hydrogen) atoms. The Bertz CT molecular complexity index is 408. The topological polar surface area (TPSA) is 50.9 Å². The Morgan fingerprint density at radius 2 is 2.07 bits per heavy atom. The number of nitrogens with zero attached hydrogens (tertiary/aromatic N) is 1. The predicted octanol–water partition coefficient (Wildman–Crippen LogP) is 2.90. The van der Waals surface area contributed by atoms with Gasteiger partial charge in [-0.3, -0.25) is 0 Å². The number of thiazole rings is 1. The molecule has 0 saturated carbocycles. The molecule has 2 aromatic rings. The van der Waals surface area contributed by atoms with E-state index in [-0.39, 0.29) is 6.04 Å². The van der Waals surface area contributed by atoms with Crippen molar-refractivity contribution in [1.82, 2.24) is 4.98 Å². The van der Waals surface area contributed by atoms with E-state index >= 15 is 0 Å². The van der Waals surface area contributed by atoms with Gasteiger partial charge < -0.3 is 11.1 Å². The van der Waals surface area contributed by atoms with Crippen LogP contribution in [0, 0.1) is 0 Å². The molecule has 78 valence electrons. The van der Waals surface area contributed by atoms with Gasteiger partial charge in [0.25, 0.3) is 0 Å². The highest BCUT2D eigenvalue weighted by Crippen LogP contribution is 2.21. The Hall–Kier alpha value is -1.55. The number of nitrogen functional groups attached to an aromatic ring is 1. The molecule has 0 aliphatic carbocycles. The molecule has 0 bridgehead atoms. The fourth-order valence-electron chi connectivity index (χ4n) is 1.34. The molecule has 0 fully saturated rings. The Kier molecular flexibility index (Phi) is 2.87. The molecule has 1 atom stereocenters. The zero-order valence-corrected chi connectivity index (χ0v) is 9.29. The highest BCUT2D eigenvalue weighted by atomic mass is 32.1. The van der Waals surface area contributed by atoms with E-state index in [4.69, 9.17) is 5.73 Å². The molecular formula is C11H13N3S. The summed E-state index contributed by atoms with van der Waals surface area (Å²) in [5, 5.41) is 6.44. The van der Waals surface area contributed by atoms with Crippen LogP contribution in [0.5, 0.6) is 0 Å². The number of benzene rings is 1. The van der Waals surface area contributed by atoms with Crippen LogP contribution in [0.3, 0.4) is 0 Å². The first kappa shape index (κ1) is 9.98. The number of aromatic nitrogens is 1. The van der Waals surface area contributed by atoms with Crippen LogP contribution in [0.15, 0.2) is 35.8 Å². The molecule has 1 aromatic heterocycles. The summed E-state index contributed by atoms with van der Waals surface area (Å²) in [6.45, 7) is 2.09. The van der Waals surface area contributed by atoms with E-state index in [1.807, 2.05) is 35.8 Å². The highest BCUT2D eigenvalue weighted by Gasteiger charge is 2.06. The van der Waals surface area contributed by atoms with Crippen molar-refractivity contribution in [1.29, 1.82) is 0 Å². The molecule has 1 aromatic carbocycles. The third-order valence-corrected chi connectivity index (χ3v) is 3.07. The quantitative estimate of drug-likeness (QED) is 0.780. The van der Waals surface area contributed by atoms with E-state index < -0.39 is 0 Å². The summed E-state index contributed by atoms with van der Waals surface area (Å²) < 4.78 is 0. The van der Waals surface area contributed by atoms with Crippen molar-refractivity contribution < 1.29 is 0 Å². The molecule has 0 spiro atoms. The normalized spacial score (nSPS) is 12.3.